The van der Waals surface area contributed by atoms with E-state index < -0.39 is 9.84 Å². The molecule has 0 fully saturated rings. The van der Waals surface area contributed by atoms with Crippen LogP contribution in [0.1, 0.15) is 43.4 Å². The Bertz CT molecular complexity index is 476. The van der Waals surface area contributed by atoms with Crippen LogP contribution in [0.25, 0.3) is 0 Å². The molecular weight excluding hydrogens is 250 g/mol. The first-order chi connectivity index (χ1) is 8.35. The zero-order chi connectivity index (χ0) is 13.8. The predicted octanol–water partition coefficient (Wildman–Crippen LogP) is 2.37. The summed E-state index contributed by atoms with van der Waals surface area (Å²) in [6.07, 6.45) is 0.678. The smallest absolute Gasteiger partial charge is 0.151 e. The van der Waals surface area contributed by atoms with Gasteiger partial charge < -0.3 is 9.73 Å². The normalized spacial score (nSPS) is 13.8. The molecule has 0 aromatic carbocycles. The zero-order valence-corrected chi connectivity index (χ0v) is 12.4. The van der Waals surface area contributed by atoms with Gasteiger partial charge in [0.1, 0.15) is 11.5 Å². The summed E-state index contributed by atoms with van der Waals surface area (Å²) in [6, 6.07) is 2.10. The van der Waals surface area contributed by atoms with Crippen LogP contribution in [-0.4, -0.2) is 26.5 Å². The molecule has 1 rings (SSSR count). The maximum atomic E-state index is 11.6. The topological polar surface area (TPSA) is 59.3 Å². The Morgan fingerprint density at radius 1 is 1.33 bits per heavy atom. The summed E-state index contributed by atoms with van der Waals surface area (Å²) in [5.74, 6) is 2.24. The van der Waals surface area contributed by atoms with Crippen LogP contribution >= 0.6 is 0 Å². The highest BCUT2D eigenvalue weighted by atomic mass is 32.2. The average Bonchev–Trinajstić information content (AvgIpc) is 2.57. The molecule has 1 atom stereocenters. The van der Waals surface area contributed by atoms with E-state index in [4.69, 9.17) is 4.42 Å². The van der Waals surface area contributed by atoms with Crippen molar-refractivity contribution in [2.75, 3.05) is 18.1 Å². The molecule has 0 saturated carbocycles. The molecule has 0 bridgehead atoms. The molecule has 0 aliphatic heterocycles. The fourth-order valence-electron chi connectivity index (χ4n) is 2.03. The first-order valence-electron chi connectivity index (χ1n) is 6.36. The molecular formula is C13H23NO3S. The molecule has 1 N–H and O–H groups in total. The van der Waals surface area contributed by atoms with Gasteiger partial charge in [0, 0.05) is 23.9 Å². The van der Waals surface area contributed by atoms with Gasteiger partial charge in [-0.3, -0.25) is 0 Å². The second-order valence-corrected chi connectivity index (χ2v) is 7.00. The average molecular weight is 273 g/mol. The molecule has 5 heteroatoms. The molecule has 0 amide bonds. The van der Waals surface area contributed by atoms with E-state index in [2.05, 4.69) is 5.32 Å². The molecule has 0 saturated heterocycles. The Hall–Kier alpha value is -0.810. The highest BCUT2D eigenvalue weighted by molar-refractivity contribution is 7.91. The van der Waals surface area contributed by atoms with Crippen molar-refractivity contribution in [3.8, 4) is 0 Å². The maximum Gasteiger partial charge on any atom is 0.151 e. The third-order valence-electron chi connectivity index (χ3n) is 2.92. The van der Waals surface area contributed by atoms with E-state index in [-0.39, 0.29) is 17.5 Å². The zero-order valence-electron chi connectivity index (χ0n) is 11.6. The predicted molar refractivity (Wildman–Crippen MR) is 73.5 cm³/mol. The Kier molecular flexibility index (Phi) is 5.41. The number of sulfone groups is 1. The van der Waals surface area contributed by atoms with Gasteiger partial charge in [0.15, 0.2) is 9.84 Å². The van der Waals surface area contributed by atoms with Crippen molar-refractivity contribution in [1.29, 1.82) is 0 Å². The summed E-state index contributed by atoms with van der Waals surface area (Å²) in [5, 5.41) is 3.23. The molecule has 0 spiro atoms. The first kappa shape index (κ1) is 15.2. The van der Waals surface area contributed by atoms with E-state index in [0.29, 0.717) is 13.0 Å². The van der Waals surface area contributed by atoms with Crippen molar-refractivity contribution < 1.29 is 12.8 Å². The number of furan rings is 1. The second-order valence-electron chi connectivity index (χ2n) is 4.70. The lowest BCUT2D eigenvalue weighted by molar-refractivity contribution is 0.492. The van der Waals surface area contributed by atoms with Crippen molar-refractivity contribution in [2.24, 2.45) is 0 Å². The van der Waals surface area contributed by atoms with Crippen molar-refractivity contribution in [2.45, 2.75) is 40.2 Å². The van der Waals surface area contributed by atoms with Gasteiger partial charge in [-0.1, -0.05) is 6.92 Å². The standard InChI is InChI=1S/C13H23NO3S/c1-5-7-18(15,16)8-6-14-11(3)13-9-10(2)17-12(13)4/h9,11,14H,5-8H2,1-4H3. The third kappa shape index (κ3) is 4.46. The fourth-order valence-corrected chi connectivity index (χ4v) is 3.29. The molecule has 0 aliphatic rings. The molecule has 4 nitrogen and oxygen atoms in total. The minimum absolute atomic E-state index is 0.110. The molecule has 1 unspecified atom stereocenters. The van der Waals surface area contributed by atoms with Crippen molar-refractivity contribution in [3.63, 3.8) is 0 Å². The minimum Gasteiger partial charge on any atom is -0.466 e. The van der Waals surface area contributed by atoms with Crippen LogP contribution in [0.2, 0.25) is 0 Å². The summed E-state index contributed by atoms with van der Waals surface area (Å²) in [5.41, 5.74) is 1.10. The Balaban J connectivity index is 2.47. The lowest BCUT2D eigenvalue weighted by Gasteiger charge is -2.13. The number of aryl methyl sites for hydroxylation is 2. The van der Waals surface area contributed by atoms with Gasteiger partial charge in [-0.25, -0.2) is 8.42 Å². The van der Waals surface area contributed by atoms with Gasteiger partial charge >= 0.3 is 0 Å². The quantitative estimate of drug-likeness (QED) is 0.828. The molecule has 1 aromatic heterocycles. The van der Waals surface area contributed by atoms with E-state index in [1.54, 1.807) is 0 Å². The van der Waals surface area contributed by atoms with Gasteiger partial charge in [0.25, 0.3) is 0 Å². The van der Waals surface area contributed by atoms with Crippen LogP contribution in [0.3, 0.4) is 0 Å². The van der Waals surface area contributed by atoms with Crippen LogP contribution in [0, 0.1) is 13.8 Å². The molecule has 0 radical (unpaired) electrons. The van der Waals surface area contributed by atoms with Crippen molar-refractivity contribution >= 4 is 9.84 Å². The van der Waals surface area contributed by atoms with Gasteiger partial charge in [0.2, 0.25) is 0 Å². The number of hydrogen-bond donors (Lipinski definition) is 1. The fraction of sp³-hybridized carbons (Fsp3) is 0.692. The summed E-state index contributed by atoms with van der Waals surface area (Å²) in [6.45, 7) is 8.21. The van der Waals surface area contributed by atoms with Crippen molar-refractivity contribution in [3.05, 3.63) is 23.2 Å². The highest BCUT2D eigenvalue weighted by Gasteiger charge is 2.14. The van der Waals surface area contributed by atoms with E-state index in [9.17, 15) is 8.42 Å². The molecule has 1 aromatic rings. The first-order valence-corrected chi connectivity index (χ1v) is 8.18. The van der Waals surface area contributed by atoms with E-state index in [1.807, 2.05) is 33.8 Å². The van der Waals surface area contributed by atoms with E-state index in [0.717, 1.165) is 17.1 Å². The number of nitrogens with one attached hydrogen (secondary N) is 1. The summed E-state index contributed by atoms with van der Waals surface area (Å²) < 4.78 is 28.6. The highest BCUT2D eigenvalue weighted by Crippen LogP contribution is 2.20. The van der Waals surface area contributed by atoms with Crippen LogP contribution in [0.5, 0.6) is 0 Å². The van der Waals surface area contributed by atoms with Gasteiger partial charge in [-0.15, -0.1) is 0 Å². The van der Waals surface area contributed by atoms with Crippen LogP contribution < -0.4 is 5.32 Å². The van der Waals surface area contributed by atoms with Crippen molar-refractivity contribution in [1.82, 2.24) is 5.32 Å². The minimum atomic E-state index is -2.90. The van der Waals surface area contributed by atoms with Gasteiger partial charge in [-0.2, -0.15) is 0 Å². The summed E-state index contributed by atoms with van der Waals surface area (Å²) >= 11 is 0. The summed E-state index contributed by atoms with van der Waals surface area (Å²) in [7, 11) is -2.90. The lowest BCUT2D eigenvalue weighted by atomic mass is 10.1. The maximum absolute atomic E-state index is 11.6. The summed E-state index contributed by atoms with van der Waals surface area (Å²) in [4.78, 5) is 0. The third-order valence-corrected chi connectivity index (χ3v) is 4.78. The molecule has 1 heterocycles. The molecule has 104 valence electrons. The van der Waals surface area contributed by atoms with Crippen LogP contribution in [0.15, 0.2) is 10.5 Å². The largest absolute Gasteiger partial charge is 0.466 e. The Morgan fingerprint density at radius 3 is 2.50 bits per heavy atom. The monoisotopic (exact) mass is 273 g/mol. The number of rotatable bonds is 7. The molecule has 0 aliphatic carbocycles. The van der Waals surface area contributed by atoms with Gasteiger partial charge in [0.05, 0.1) is 5.75 Å². The van der Waals surface area contributed by atoms with Crippen LogP contribution in [-0.2, 0) is 9.84 Å². The SMILES string of the molecule is CCCS(=O)(=O)CCNC(C)c1cc(C)oc1C. The molecule has 18 heavy (non-hydrogen) atoms. The van der Waals surface area contributed by atoms with E-state index >= 15 is 0 Å². The Labute approximate surface area is 110 Å². The lowest BCUT2D eigenvalue weighted by Crippen LogP contribution is -2.26. The van der Waals surface area contributed by atoms with Crippen LogP contribution in [0.4, 0.5) is 0 Å². The second kappa shape index (κ2) is 6.38. The Morgan fingerprint density at radius 2 is 2.00 bits per heavy atom. The number of hydrogen-bond acceptors (Lipinski definition) is 4. The van der Waals surface area contributed by atoms with Gasteiger partial charge in [-0.05, 0) is 33.3 Å². The van der Waals surface area contributed by atoms with E-state index in [1.165, 1.54) is 0 Å².